The van der Waals surface area contributed by atoms with Gasteiger partial charge in [0.05, 0.1) is 0 Å². The molecule has 0 bridgehead atoms. The van der Waals surface area contributed by atoms with Crippen LogP contribution in [0.2, 0.25) is 0 Å². The molecular formula is C14H9NO. The zero-order valence-corrected chi connectivity index (χ0v) is 8.55. The van der Waals surface area contributed by atoms with Crippen molar-refractivity contribution in [1.29, 1.82) is 0 Å². The first-order valence-corrected chi connectivity index (χ1v) is 5.10. The summed E-state index contributed by atoms with van der Waals surface area (Å²) in [7, 11) is 0. The van der Waals surface area contributed by atoms with Crippen molar-refractivity contribution in [3.05, 3.63) is 54.4 Å². The maximum Gasteiger partial charge on any atom is 0.150 e. The summed E-state index contributed by atoms with van der Waals surface area (Å²) in [4.78, 5) is 14.9. The molecule has 0 fully saturated rings. The third-order valence-electron chi connectivity index (χ3n) is 2.80. The van der Waals surface area contributed by atoms with Crippen molar-refractivity contribution < 1.29 is 4.79 Å². The summed E-state index contributed by atoms with van der Waals surface area (Å²) in [6.45, 7) is 0. The van der Waals surface area contributed by atoms with Gasteiger partial charge >= 0.3 is 0 Å². The number of carbonyl (C=O) groups is 1. The summed E-state index contributed by atoms with van der Waals surface area (Å²) < 4.78 is 0. The van der Waals surface area contributed by atoms with Crippen LogP contribution in [-0.2, 0) is 0 Å². The Kier molecular flexibility index (Phi) is 1.93. The molecule has 0 aliphatic carbocycles. The Morgan fingerprint density at radius 3 is 2.50 bits per heavy atom. The van der Waals surface area contributed by atoms with Crippen molar-refractivity contribution in [2.75, 3.05) is 0 Å². The lowest BCUT2D eigenvalue weighted by molar-refractivity contribution is 0.112. The smallest absolute Gasteiger partial charge is 0.150 e. The molecule has 0 atom stereocenters. The number of rotatable bonds is 1. The number of pyridine rings is 1. The van der Waals surface area contributed by atoms with Gasteiger partial charge < -0.3 is 0 Å². The number of hydrogen-bond donors (Lipinski definition) is 0. The van der Waals surface area contributed by atoms with Crippen molar-refractivity contribution >= 4 is 27.8 Å². The number of benzene rings is 2. The summed E-state index contributed by atoms with van der Waals surface area (Å²) in [6.07, 6.45) is 4.48. The van der Waals surface area contributed by atoms with Gasteiger partial charge in [-0.05, 0) is 28.3 Å². The van der Waals surface area contributed by atoms with Gasteiger partial charge in [-0.3, -0.25) is 9.78 Å². The van der Waals surface area contributed by atoms with E-state index in [1.807, 2.05) is 30.5 Å². The number of fused-ring (bicyclic) bond motifs is 3. The molecule has 2 nitrogen and oxygen atoms in total. The predicted molar refractivity (Wildman–Crippen MR) is 64.6 cm³/mol. The fraction of sp³-hybridized carbons (Fsp3) is 0. The summed E-state index contributed by atoms with van der Waals surface area (Å²) in [5.41, 5.74) is 0.698. The van der Waals surface area contributed by atoms with Crippen molar-refractivity contribution in [3.63, 3.8) is 0 Å². The van der Waals surface area contributed by atoms with Crippen LogP contribution < -0.4 is 0 Å². The molecule has 76 valence electrons. The summed E-state index contributed by atoms with van der Waals surface area (Å²) >= 11 is 0. The van der Waals surface area contributed by atoms with E-state index in [0.717, 1.165) is 27.8 Å². The highest BCUT2D eigenvalue weighted by Crippen LogP contribution is 2.24. The van der Waals surface area contributed by atoms with E-state index in [0.29, 0.717) is 5.56 Å². The van der Waals surface area contributed by atoms with E-state index < -0.39 is 0 Å². The number of carbonyl (C=O) groups excluding carboxylic acids is 1. The van der Waals surface area contributed by atoms with Gasteiger partial charge in [-0.15, -0.1) is 0 Å². The largest absolute Gasteiger partial charge is 0.298 e. The molecule has 0 saturated heterocycles. The minimum Gasteiger partial charge on any atom is -0.298 e. The standard InChI is InChI=1S/C14H9NO/c16-9-10-1-2-11-3-4-12-5-6-15-8-14(12)13(11)7-10/h1-9H. The van der Waals surface area contributed by atoms with Crippen LogP contribution in [0.25, 0.3) is 21.5 Å². The third kappa shape index (κ3) is 1.27. The van der Waals surface area contributed by atoms with E-state index in [9.17, 15) is 4.79 Å². The Balaban J connectivity index is 2.52. The molecule has 3 aromatic rings. The molecule has 2 aromatic carbocycles. The first-order valence-electron chi connectivity index (χ1n) is 5.10. The van der Waals surface area contributed by atoms with Crippen molar-refractivity contribution in [1.82, 2.24) is 4.98 Å². The van der Waals surface area contributed by atoms with Crippen molar-refractivity contribution in [3.8, 4) is 0 Å². The molecule has 16 heavy (non-hydrogen) atoms. The van der Waals surface area contributed by atoms with Gasteiger partial charge in [-0.2, -0.15) is 0 Å². The van der Waals surface area contributed by atoms with Gasteiger partial charge in [0.2, 0.25) is 0 Å². The second-order valence-electron chi connectivity index (χ2n) is 3.76. The van der Waals surface area contributed by atoms with Gasteiger partial charge in [-0.25, -0.2) is 0 Å². The number of aldehydes is 1. The third-order valence-corrected chi connectivity index (χ3v) is 2.80. The molecule has 1 heterocycles. The molecule has 0 unspecified atom stereocenters. The van der Waals surface area contributed by atoms with Gasteiger partial charge in [0.1, 0.15) is 6.29 Å². The van der Waals surface area contributed by atoms with Crippen LogP contribution >= 0.6 is 0 Å². The zero-order chi connectivity index (χ0) is 11.0. The number of hydrogen-bond acceptors (Lipinski definition) is 2. The van der Waals surface area contributed by atoms with Gasteiger partial charge in [0, 0.05) is 23.3 Å². The Hall–Kier alpha value is -2.22. The molecule has 2 heteroatoms. The van der Waals surface area contributed by atoms with Crippen LogP contribution in [0.4, 0.5) is 0 Å². The summed E-state index contributed by atoms with van der Waals surface area (Å²) in [5.74, 6) is 0. The highest BCUT2D eigenvalue weighted by Gasteiger charge is 2.01. The lowest BCUT2D eigenvalue weighted by Crippen LogP contribution is -1.83. The van der Waals surface area contributed by atoms with Crippen LogP contribution in [0.5, 0.6) is 0 Å². The molecular weight excluding hydrogens is 198 g/mol. The first kappa shape index (κ1) is 9.04. The maximum atomic E-state index is 10.8. The first-order chi connectivity index (χ1) is 7.88. The molecule has 0 N–H and O–H groups in total. The average molecular weight is 207 g/mol. The molecule has 0 spiro atoms. The van der Waals surface area contributed by atoms with Crippen LogP contribution in [0.1, 0.15) is 10.4 Å². The van der Waals surface area contributed by atoms with E-state index >= 15 is 0 Å². The van der Waals surface area contributed by atoms with E-state index in [-0.39, 0.29) is 0 Å². The second kappa shape index (κ2) is 3.42. The minimum atomic E-state index is 0.698. The van der Waals surface area contributed by atoms with Crippen LogP contribution in [0, 0.1) is 0 Å². The van der Waals surface area contributed by atoms with E-state index in [1.165, 1.54) is 0 Å². The Morgan fingerprint density at radius 1 is 0.938 bits per heavy atom. The molecule has 0 aliphatic heterocycles. The van der Waals surface area contributed by atoms with E-state index in [1.54, 1.807) is 6.20 Å². The van der Waals surface area contributed by atoms with Crippen molar-refractivity contribution in [2.24, 2.45) is 0 Å². The Labute approximate surface area is 92.5 Å². The quantitative estimate of drug-likeness (QED) is 0.453. The highest BCUT2D eigenvalue weighted by atomic mass is 16.1. The summed E-state index contributed by atoms with van der Waals surface area (Å²) in [5, 5.41) is 4.44. The molecule has 3 rings (SSSR count). The van der Waals surface area contributed by atoms with E-state index in [4.69, 9.17) is 0 Å². The maximum absolute atomic E-state index is 10.8. The minimum absolute atomic E-state index is 0.698. The summed E-state index contributed by atoms with van der Waals surface area (Å²) in [6, 6.07) is 11.8. The number of aromatic nitrogens is 1. The Bertz CT molecular complexity index is 688. The zero-order valence-electron chi connectivity index (χ0n) is 8.55. The fourth-order valence-corrected chi connectivity index (χ4v) is 1.98. The van der Waals surface area contributed by atoms with Crippen molar-refractivity contribution in [2.45, 2.75) is 0 Å². The SMILES string of the molecule is O=Cc1ccc2ccc3ccncc3c2c1. The number of nitrogens with zero attached hydrogens (tertiary/aromatic N) is 1. The van der Waals surface area contributed by atoms with Gasteiger partial charge in [0.15, 0.2) is 0 Å². The van der Waals surface area contributed by atoms with Crippen LogP contribution in [0.15, 0.2) is 48.8 Å². The van der Waals surface area contributed by atoms with Crippen LogP contribution in [0.3, 0.4) is 0 Å². The molecule has 0 radical (unpaired) electrons. The normalized spacial score (nSPS) is 10.8. The monoisotopic (exact) mass is 207 g/mol. The van der Waals surface area contributed by atoms with E-state index in [2.05, 4.69) is 17.1 Å². The Morgan fingerprint density at radius 2 is 1.69 bits per heavy atom. The molecule has 0 aliphatic rings. The predicted octanol–water partition coefficient (Wildman–Crippen LogP) is 3.20. The van der Waals surface area contributed by atoms with Gasteiger partial charge in [0.25, 0.3) is 0 Å². The van der Waals surface area contributed by atoms with Gasteiger partial charge in [-0.1, -0.05) is 24.3 Å². The topological polar surface area (TPSA) is 30.0 Å². The lowest BCUT2D eigenvalue weighted by atomic mass is 10.0. The van der Waals surface area contributed by atoms with Crippen LogP contribution in [-0.4, -0.2) is 11.3 Å². The molecule has 0 saturated carbocycles. The highest BCUT2D eigenvalue weighted by molar-refractivity contribution is 6.08. The second-order valence-corrected chi connectivity index (χ2v) is 3.76. The fourth-order valence-electron chi connectivity index (χ4n) is 1.98. The molecule has 0 amide bonds. The lowest BCUT2D eigenvalue weighted by Gasteiger charge is -2.03. The molecule has 1 aromatic heterocycles. The average Bonchev–Trinajstić information content (AvgIpc) is 2.38.